The Bertz CT molecular complexity index is 508. The summed E-state index contributed by atoms with van der Waals surface area (Å²) in [5.74, 6) is 0. The quantitative estimate of drug-likeness (QED) is 0.756. The predicted octanol–water partition coefficient (Wildman–Crippen LogP) is 4.22. The number of rotatable bonds is 5. The van der Waals surface area contributed by atoms with Gasteiger partial charge in [-0.05, 0) is 34.6 Å². The molecule has 1 aromatic carbocycles. The van der Waals surface area contributed by atoms with E-state index in [2.05, 4.69) is 79.0 Å². The van der Waals surface area contributed by atoms with Gasteiger partial charge in [-0.25, -0.2) is 0 Å². The molecule has 0 N–H and O–H groups in total. The molecule has 0 aliphatic carbocycles. The molecule has 1 heterocycles. The second-order valence-corrected chi connectivity index (χ2v) is 9.09. The Morgan fingerprint density at radius 3 is 2.35 bits per heavy atom. The number of hydrogen-bond donors (Lipinski definition) is 0. The minimum absolute atomic E-state index is 0.0514. The zero-order valence-electron chi connectivity index (χ0n) is 15.9. The maximum atomic E-state index is 6.27. The first-order chi connectivity index (χ1) is 10.5. The lowest BCUT2D eigenvalue weighted by molar-refractivity contribution is -0.910. The maximum Gasteiger partial charge on any atom is 0.169 e. The third kappa shape index (κ3) is 5.30. The van der Waals surface area contributed by atoms with Gasteiger partial charge in [0.05, 0.1) is 37.8 Å². The second-order valence-electron chi connectivity index (χ2n) is 9.09. The topological polar surface area (TPSA) is 18.5 Å². The molecule has 0 bridgehead atoms. The molecular weight excluding hydrogens is 286 g/mol. The van der Waals surface area contributed by atoms with Gasteiger partial charge < -0.3 is 14.0 Å². The van der Waals surface area contributed by atoms with E-state index in [9.17, 15) is 0 Å². The predicted molar refractivity (Wildman–Crippen MR) is 95.0 cm³/mol. The molecule has 1 aliphatic heterocycles. The van der Waals surface area contributed by atoms with Crippen LogP contribution in [0.2, 0.25) is 0 Å². The van der Waals surface area contributed by atoms with Crippen LogP contribution in [0, 0.1) is 5.41 Å². The third-order valence-electron chi connectivity index (χ3n) is 4.49. The molecule has 0 radical (unpaired) electrons. The molecule has 0 amide bonds. The summed E-state index contributed by atoms with van der Waals surface area (Å²) in [7, 11) is 4.57. The summed E-state index contributed by atoms with van der Waals surface area (Å²) in [6, 6.07) is 10.7. The molecular formula is C20H34NO2+. The van der Waals surface area contributed by atoms with Crippen molar-refractivity contribution in [2.24, 2.45) is 5.41 Å². The summed E-state index contributed by atoms with van der Waals surface area (Å²) in [4.78, 5) is 0. The minimum Gasteiger partial charge on any atom is -0.349 e. The fraction of sp³-hybridized carbons (Fsp3) is 0.700. The molecule has 0 aromatic heterocycles. The van der Waals surface area contributed by atoms with E-state index in [1.54, 1.807) is 0 Å². The molecule has 0 unspecified atom stereocenters. The Balaban J connectivity index is 2.07. The molecule has 1 saturated heterocycles. The first kappa shape index (κ1) is 18.4. The summed E-state index contributed by atoms with van der Waals surface area (Å²) in [6.45, 7) is 13.0. The minimum atomic E-state index is -0.158. The average Bonchev–Trinajstić information content (AvgIpc) is 2.35. The van der Waals surface area contributed by atoms with Crippen LogP contribution in [0.15, 0.2) is 30.3 Å². The van der Waals surface area contributed by atoms with Gasteiger partial charge >= 0.3 is 0 Å². The third-order valence-corrected chi connectivity index (χ3v) is 4.49. The van der Waals surface area contributed by atoms with Crippen LogP contribution in [0.1, 0.15) is 46.6 Å². The molecule has 23 heavy (non-hydrogen) atoms. The van der Waals surface area contributed by atoms with Crippen LogP contribution in [0.3, 0.4) is 0 Å². The van der Waals surface area contributed by atoms with Gasteiger partial charge in [0.1, 0.15) is 6.54 Å². The van der Waals surface area contributed by atoms with E-state index in [-0.39, 0.29) is 23.4 Å². The number of nitrogens with zero attached hydrogens (tertiary/aromatic N) is 1. The van der Waals surface area contributed by atoms with Crippen molar-refractivity contribution in [3.05, 3.63) is 35.9 Å². The summed E-state index contributed by atoms with van der Waals surface area (Å²) < 4.78 is 13.3. The van der Waals surface area contributed by atoms with Crippen LogP contribution < -0.4 is 0 Å². The van der Waals surface area contributed by atoms with Crippen molar-refractivity contribution in [2.75, 3.05) is 20.6 Å². The van der Waals surface area contributed by atoms with Gasteiger partial charge in [-0.1, -0.05) is 30.3 Å². The Labute approximate surface area is 142 Å². The van der Waals surface area contributed by atoms with Crippen LogP contribution in [-0.4, -0.2) is 43.1 Å². The lowest BCUT2D eigenvalue weighted by Gasteiger charge is -2.47. The highest BCUT2D eigenvalue weighted by atomic mass is 16.7. The SMILES string of the molecule is C[C@H]1CC(C)(C)O[C@@H](C(C)(C)C[N+](C)(C)Cc2ccccc2)O1. The molecule has 130 valence electrons. The van der Waals surface area contributed by atoms with Gasteiger partial charge in [0.15, 0.2) is 6.29 Å². The first-order valence-corrected chi connectivity index (χ1v) is 8.68. The van der Waals surface area contributed by atoms with E-state index >= 15 is 0 Å². The van der Waals surface area contributed by atoms with Crippen LogP contribution in [-0.2, 0) is 16.0 Å². The number of ether oxygens (including phenoxy) is 2. The van der Waals surface area contributed by atoms with Crippen molar-refractivity contribution in [3.8, 4) is 0 Å². The number of quaternary nitrogens is 1. The van der Waals surface area contributed by atoms with Gasteiger partial charge in [-0.2, -0.15) is 0 Å². The van der Waals surface area contributed by atoms with Crippen LogP contribution in [0.25, 0.3) is 0 Å². The van der Waals surface area contributed by atoms with Crippen molar-refractivity contribution in [1.82, 2.24) is 0 Å². The number of benzene rings is 1. The van der Waals surface area contributed by atoms with Crippen molar-refractivity contribution < 1.29 is 14.0 Å². The lowest BCUT2D eigenvalue weighted by atomic mass is 9.88. The lowest BCUT2D eigenvalue weighted by Crippen LogP contribution is -2.55. The molecule has 2 atom stereocenters. The van der Waals surface area contributed by atoms with Gasteiger partial charge in [-0.15, -0.1) is 0 Å². The molecule has 0 spiro atoms. The van der Waals surface area contributed by atoms with Gasteiger partial charge in [0.25, 0.3) is 0 Å². The smallest absolute Gasteiger partial charge is 0.169 e. The summed E-state index contributed by atoms with van der Waals surface area (Å²) in [5.41, 5.74) is 1.20. The first-order valence-electron chi connectivity index (χ1n) is 8.68. The van der Waals surface area contributed by atoms with Gasteiger partial charge in [0, 0.05) is 12.0 Å². The second kappa shape index (κ2) is 6.54. The van der Waals surface area contributed by atoms with E-state index in [0.29, 0.717) is 0 Å². The Morgan fingerprint density at radius 2 is 1.78 bits per heavy atom. The molecule has 3 nitrogen and oxygen atoms in total. The van der Waals surface area contributed by atoms with E-state index in [1.807, 2.05) is 0 Å². The highest BCUT2D eigenvalue weighted by Gasteiger charge is 2.44. The monoisotopic (exact) mass is 320 g/mol. The van der Waals surface area contributed by atoms with Gasteiger partial charge in [-0.3, -0.25) is 0 Å². The van der Waals surface area contributed by atoms with Crippen molar-refractivity contribution >= 4 is 0 Å². The van der Waals surface area contributed by atoms with Crippen LogP contribution in [0.4, 0.5) is 0 Å². The molecule has 1 aromatic rings. The highest BCUT2D eigenvalue weighted by Crippen LogP contribution is 2.37. The standard InChI is InChI=1S/C20H34NO2/c1-16-13-20(4,5)23-18(22-16)19(2,3)15-21(6,7)14-17-11-9-8-10-12-17/h8-12,16,18H,13-15H2,1-7H3/q+1/t16-,18-/m0/s1. The van der Waals surface area contributed by atoms with Crippen molar-refractivity contribution in [1.29, 1.82) is 0 Å². The van der Waals surface area contributed by atoms with Crippen LogP contribution in [0.5, 0.6) is 0 Å². The zero-order valence-corrected chi connectivity index (χ0v) is 15.9. The van der Waals surface area contributed by atoms with Crippen molar-refractivity contribution in [2.45, 2.75) is 65.6 Å². The normalized spacial score (nSPS) is 25.3. The van der Waals surface area contributed by atoms with E-state index in [4.69, 9.17) is 9.47 Å². The Hall–Kier alpha value is -0.900. The Kier molecular flexibility index (Phi) is 5.24. The molecule has 3 heteroatoms. The fourth-order valence-corrected chi connectivity index (χ4v) is 3.97. The number of hydrogen-bond acceptors (Lipinski definition) is 2. The van der Waals surface area contributed by atoms with E-state index in [1.165, 1.54) is 5.56 Å². The van der Waals surface area contributed by atoms with E-state index < -0.39 is 0 Å². The fourth-order valence-electron chi connectivity index (χ4n) is 3.97. The highest BCUT2D eigenvalue weighted by molar-refractivity contribution is 5.13. The molecule has 0 saturated carbocycles. The van der Waals surface area contributed by atoms with Crippen molar-refractivity contribution in [3.63, 3.8) is 0 Å². The van der Waals surface area contributed by atoms with Crippen LogP contribution >= 0.6 is 0 Å². The summed E-state index contributed by atoms with van der Waals surface area (Å²) in [5, 5.41) is 0. The molecule has 1 fully saturated rings. The summed E-state index contributed by atoms with van der Waals surface area (Å²) >= 11 is 0. The van der Waals surface area contributed by atoms with Gasteiger partial charge in [0.2, 0.25) is 0 Å². The van der Waals surface area contributed by atoms with E-state index in [0.717, 1.165) is 24.0 Å². The largest absolute Gasteiger partial charge is 0.349 e. The molecule has 2 rings (SSSR count). The molecule has 1 aliphatic rings. The Morgan fingerprint density at radius 1 is 1.17 bits per heavy atom. The summed E-state index contributed by atoms with van der Waals surface area (Å²) in [6.07, 6.45) is 1.03. The maximum absolute atomic E-state index is 6.27. The average molecular weight is 320 g/mol. The zero-order chi connectivity index (χ0) is 17.3.